The lowest BCUT2D eigenvalue weighted by atomic mass is 9.99. The lowest BCUT2D eigenvalue weighted by Crippen LogP contribution is -2.47. The molecule has 138 valence electrons. The van der Waals surface area contributed by atoms with E-state index < -0.39 is 30.5 Å². The summed E-state index contributed by atoms with van der Waals surface area (Å²) in [6.07, 6.45) is 0.693. The van der Waals surface area contributed by atoms with Crippen LogP contribution in [0.4, 0.5) is 5.69 Å². The van der Waals surface area contributed by atoms with Gasteiger partial charge in [-0.25, -0.2) is 9.59 Å². The Labute approximate surface area is 148 Å². The molecule has 0 bridgehead atoms. The zero-order chi connectivity index (χ0) is 19.0. The maximum atomic E-state index is 12.0. The van der Waals surface area contributed by atoms with Gasteiger partial charge in [0.1, 0.15) is 6.04 Å². The predicted molar refractivity (Wildman–Crippen MR) is 94.5 cm³/mol. The lowest BCUT2D eigenvalue weighted by Gasteiger charge is -2.21. The summed E-state index contributed by atoms with van der Waals surface area (Å²) in [7, 11) is 5.06. The van der Waals surface area contributed by atoms with E-state index in [1.807, 2.05) is 32.8 Å². The maximum Gasteiger partial charge on any atom is 0.338 e. The van der Waals surface area contributed by atoms with E-state index in [0.29, 0.717) is 12.0 Å². The molecule has 0 radical (unpaired) electrons. The molecule has 0 unspecified atom stereocenters. The fourth-order valence-corrected chi connectivity index (χ4v) is 2.12. The molecule has 25 heavy (non-hydrogen) atoms. The van der Waals surface area contributed by atoms with Crippen LogP contribution in [0.25, 0.3) is 0 Å². The Morgan fingerprint density at radius 3 is 2.24 bits per heavy atom. The second kappa shape index (κ2) is 9.66. The highest BCUT2D eigenvalue weighted by molar-refractivity contribution is 5.92. The molecule has 7 heteroatoms. The average Bonchev–Trinajstić information content (AvgIpc) is 2.62. The summed E-state index contributed by atoms with van der Waals surface area (Å²) in [5.41, 5.74) is 1.30. The topological polar surface area (TPSA) is 84.9 Å². The molecule has 0 fully saturated rings. The molecule has 0 aromatic heterocycles. The number of nitrogens with zero attached hydrogens (tertiary/aromatic N) is 1. The summed E-state index contributed by atoms with van der Waals surface area (Å²) in [6.45, 7) is 3.28. The van der Waals surface area contributed by atoms with Crippen LogP contribution in [0, 0.1) is 5.92 Å². The highest BCUT2D eigenvalue weighted by atomic mass is 16.5. The Bertz CT molecular complexity index is 598. The monoisotopic (exact) mass is 350 g/mol. The van der Waals surface area contributed by atoms with Crippen LogP contribution in [-0.2, 0) is 19.1 Å². The second-order valence-corrected chi connectivity index (χ2v) is 5.97. The first-order valence-electron chi connectivity index (χ1n) is 8.11. The van der Waals surface area contributed by atoms with Crippen LogP contribution in [0.3, 0.4) is 0 Å². The van der Waals surface area contributed by atoms with Crippen molar-refractivity contribution in [1.29, 1.82) is 0 Å². The van der Waals surface area contributed by atoms with Crippen molar-refractivity contribution in [3.63, 3.8) is 0 Å². The quantitative estimate of drug-likeness (QED) is 0.717. The maximum absolute atomic E-state index is 12.0. The molecule has 0 aliphatic carbocycles. The summed E-state index contributed by atoms with van der Waals surface area (Å²) < 4.78 is 9.70. The Kier molecular flexibility index (Phi) is 7.91. The van der Waals surface area contributed by atoms with Crippen LogP contribution in [0.5, 0.6) is 0 Å². The Balaban J connectivity index is 2.59. The van der Waals surface area contributed by atoms with Crippen LogP contribution < -0.4 is 10.2 Å². The number of hydrogen-bond donors (Lipinski definition) is 1. The third-order valence-corrected chi connectivity index (χ3v) is 3.94. The number of ether oxygens (including phenoxy) is 2. The summed E-state index contributed by atoms with van der Waals surface area (Å²) in [4.78, 5) is 37.6. The zero-order valence-corrected chi connectivity index (χ0v) is 15.4. The Morgan fingerprint density at radius 2 is 1.76 bits per heavy atom. The van der Waals surface area contributed by atoms with Crippen LogP contribution in [0.1, 0.15) is 30.6 Å². The minimum Gasteiger partial charge on any atom is -0.467 e. The van der Waals surface area contributed by atoms with E-state index in [9.17, 15) is 14.4 Å². The minimum absolute atomic E-state index is 0.0920. The van der Waals surface area contributed by atoms with Gasteiger partial charge in [-0.2, -0.15) is 0 Å². The molecule has 0 aliphatic rings. The van der Waals surface area contributed by atoms with Gasteiger partial charge in [0.25, 0.3) is 5.91 Å². The van der Waals surface area contributed by atoms with E-state index in [1.165, 1.54) is 7.11 Å². The van der Waals surface area contributed by atoms with E-state index in [1.54, 1.807) is 24.3 Å². The van der Waals surface area contributed by atoms with Crippen LogP contribution >= 0.6 is 0 Å². The number of hydrogen-bond acceptors (Lipinski definition) is 6. The van der Waals surface area contributed by atoms with Gasteiger partial charge in [-0.15, -0.1) is 0 Å². The molecule has 1 rings (SSSR count). The zero-order valence-electron chi connectivity index (χ0n) is 15.4. The summed E-state index contributed by atoms with van der Waals surface area (Å²) in [5.74, 6) is -1.76. The molecule has 0 heterocycles. The first-order valence-corrected chi connectivity index (χ1v) is 8.11. The summed E-state index contributed by atoms with van der Waals surface area (Å²) >= 11 is 0. The lowest BCUT2D eigenvalue weighted by molar-refractivity contribution is -0.147. The largest absolute Gasteiger partial charge is 0.467 e. The van der Waals surface area contributed by atoms with Crippen molar-refractivity contribution in [2.75, 3.05) is 32.7 Å². The number of methoxy groups -OCH3 is 1. The van der Waals surface area contributed by atoms with Gasteiger partial charge in [-0.3, -0.25) is 4.79 Å². The number of carbonyl (C=O) groups is 3. The first-order chi connectivity index (χ1) is 11.8. The van der Waals surface area contributed by atoms with Crippen molar-refractivity contribution in [1.82, 2.24) is 5.32 Å². The number of amides is 1. The molecule has 0 spiro atoms. The van der Waals surface area contributed by atoms with Crippen LogP contribution in [-0.4, -0.2) is 51.7 Å². The normalized spacial score (nSPS) is 12.7. The van der Waals surface area contributed by atoms with Crippen molar-refractivity contribution in [3.8, 4) is 0 Å². The van der Waals surface area contributed by atoms with Gasteiger partial charge in [0.2, 0.25) is 0 Å². The molecule has 1 amide bonds. The molecule has 2 atom stereocenters. The molecule has 0 saturated heterocycles. The van der Waals surface area contributed by atoms with E-state index in [-0.39, 0.29) is 5.92 Å². The smallest absolute Gasteiger partial charge is 0.338 e. The van der Waals surface area contributed by atoms with Gasteiger partial charge in [-0.1, -0.05) is 20.3 Å². The van der Waals surface area contributed by atoms with E-state index in [4.69, 9.17) is 9.47 Å². The summed E-state index contributed by atoms with van der Waals surface area (Å²) in [5, 5.41) is 2.55. The van der Waals surface area contributed by atoms with Gasteiger partial charge in [-0.05, 0) is 30.2 Å². The fraction of sp³-hybridized carbons (Fsp3) is 0.500. The number of anilines is 1. The predicted octanol–water partition coefficient (Wildman–Crippen LogP) is 1.61. The molecular formula is C18H26N2O5. The highest BCUT2D eigenvalue weighted by Gasteiger charge is 2.27. The molecule has 1 aromatic rings. The Hall–Kier alpha value is -2.57. The third kappa shape index (κ3) is 6.10. The van der Waals surface area contributed by atoms with E-state index >= 15 is 0 Å². The average molecular weight is 350 g/mol. The van der Waals surface area contributed by atoms with Crippen LogP contribution in [0.2, 0.25) is 0 Å². The molecule has 0 aliphatic heterocycles. The number of carbonyl (C=O) groups excluding carboxylic acids is 3. The summed E-state index contributed by atoms with van der Waals surface area (Å²) in [6, 6.07) is 6.07. The van der Waals surface area contributed by atoms with Crippen LogP contribution in [0.15, 0.2) is 24.3 Å². The van der Waals surface area contributed by atoms with Gasteiger partial charge in [0.05, 0.1) is 12.7 Å². The fourth-order valence-electron chi connectivity index (χ4n) is 2.12. The second-order valence-electron chi connectivity index (χ2n) is 5.97. The van der Waals surface area contributed by atoms with Gasteiger partial charge >= 0.3 is 11.9 Å². The first kappa shape index (κ1) is 20.5. The number of esters is 2. The SMILES string of the molecule is CC[C@@H](C)[C@@H](NC(=O)COC(=O)c1ccc(N(C)C)cc1)C(=O)OC. The standard InChI is InChI=1S/C18H26N2O5/c1-6-12(2)16(18(23)24-5)19-15(21)11-25-17(22)13-7-9-14(10-8-13)20(3)4/h7-10,12,16H,6,11H2,1-5H3,(H,19,21)/t12-,16-/m1/s1. The van der Waals surface area contributed by atoms with Crippen molar-refractivity contribution < 1.29 is 23.9 Å². The molecule has 7 nitrogen and oxygen atoms in total. The number of nitrogens with one attached hydrogen (secondary N) is 1. The number of rotatable bonds is 8. The van der Waals surface area contributed by atoms with E-state index in [0.717, 1.165) is 5.69 Å². The molecular weight excluding hydrogens is 324 g/mol. The van der Waals surface area contributed by atoms with Crippen molar-refractivity contribution in [2.45, 2.75) is 26.3 Å². The molecule has 0 saturated carbocycles. The van der Waals surface area contributed by atoms with Gasteiger partial charge in [0.15, 0.2) is 6.61 Å². The Morgan fingerprint density at radius 1 is 1.16 bits per heavy atom. The van der Waals surface area contributed by atoms with Crippen molar-refractivity contribution >= 4 is 23.5 Å². The number of benzene rings is 1. The third-order valence-electron chi connectivity index (χ3n) is 3.94. The van der Waals surface area contributed by atoms with Gasteiger partial charge in [0, 0.05) is 19.8 Å². The van der Waals surface area contributed by atoms with E-state index in [2.05, 4.69) is 5.32 Å². The highest BCUT2D eigenvalue weighted by Crippen LogP contribution is 2.13. The molecule has 1 N–H and O–H groups in total. The molecule has 1 aromatic carbocycles. The van der Waals surface area contributed by atoms with Crippen molar-refractivity contribution in [2.24, 2.45) is 5.92 Å². The van der Waals surface area contributed by atoms with Crippen molar-refractivity contribution in [3.05, 3.63) is 29.8 Å². The van der Waals surface area contributed by atoms with Gasteiger partial charge < -0.3 is 19.7 Å². The minimum atomic E-state index is -0.763.